The van der Waals surface area contributed by atoms with Crippen LogP contribution in [0.2, 0.25) is 0 Å². The second-order valence-corrected chi connectivity index (χ2v) is 6.08. The molecular weight excluding hydrogens is 362 g/mol. The predicted octanol–water partition coefficient (Wildman–Crippen LogP) is 2.93. The Labute approximate surface area is 142 Å². The first-order valence-electron chi connectivity index (χ1n) is 7.08. The summed E-state index contributed by atoms with van der Waals surface area (Å²) in [7, 11) is 3.79. The van der Waals surface area contributed by atoms with Crippen molar-refractivity contribution in [1.29, 1.82) is 0 Å². The van der Waals surface area contributed by atoms with Gasteiger partial charge in [0.2, 0.25) is 0 Å². The molecular formula is C16H16BrN3O3. The predicted molar refractivity (Wildman–Crippen MR) is 91.6 cm³/mol. The topological polar surface area (TPSA) is 63.7 Å². The van der Waals surface area contributed by atoms with Gasteiger partial charge in [0.25, 0.3) is 5.91 Å². The van der Waals surface area contributed by atoms with Crippen molar-refractivity contribution in [3.8, 4) is 11.5 Å². The minimum atomic E-state index is -0.236. The zero-order valence-electron chi connectivity index (χ0n) is 12.8. The number of aromatic nitrogens is 1. The molecule has 120 valence electrons. The van der Waals surface area contributed by atoms with Crippen molar-refractivity contribution >= 4 is 33.3 Å². The van der Waals surface area contributed by atoms with E-state index in [1.165, 1.54) is 0 Å². The number of pyridine rings is 1. The zero-order valence-corrected chi connectivity index (χ0v) is 14.4. The smallest absolute Gasteiger partial charge is 0.257 e. The summed E-state index contributed by atoms with van der Waals surface area (Å²) in [5.74, 6) is 1.84. The van der Waals surface area contributed by atoms with Gasteiger partial charge in [-0.05, 0) is 28.1 Å². The maximum Gasteiger partial charge on any atom is 0.257 e. The fourth-order valence-corrected chi connectivity index (χ4v) is 2.56. The van der Waals surface area contributed by atoms with Crippen molar-refractivity contribution < 1.29 is 14.3 Å². The maximum atomic E-state index is 12.4. The van der Waals surface area contributed by atoms with E-state index < -0.39 is 0 Å². The van der Waals surface area contributed by atoms with Crippen molar-refractivity contribution in [3.63, 3.8) is 0 Å². The van der Waals surface area contributed by atoms with E-state index in [2.05, 4.69) is 26.2 Å². The van der Waals surface area contributed by atoms with Gasteiger partial charge in [0.05, 0.1) is 11.3 Å². The van der Waals surface area contributed by atoms with Crippen LogP contribution in [0.25, 0.3) is 0 Å². The van der Waals surface area contributed by atoms with Crippen LogP contribution in [0.4, 0.5) is 11.5 Å². The second-order valence-electron chi connectivity index (χ2n) is 5.23. The van der Waals surface area contributed by atoms with Crippen LogP contribution in [0.1, 0.15) is 10.4 Å². The third-order valence-corrected chi connectivity index (χ3v) is 4.00. The number of nitrogens with one attached hydrogen (secondary N) is 1. The molecule has 1 N–H and O–H groups in total. The van der Waals surface area contributed by atoms with E-state index in [1.54, 1.807) is 30.5 Å². The molecule has 1 amide bonds. The molecule has 1 aliphatic heterocycles. The molecule has 1 aromatic carbocycles. The second kappa shape index (κ2) is 6.45. The van der Waals surface area contributed by atoms with Crippen LogP contribution in [-0.4, -0.2) is 38.2 Å². The number of hydrogen-bond acceptors (Lipinski definition) is 5. The highest BCUT2D eigenvalue weighted by Gasteiger charge is 2.17. The van der Waals surface area contributed by atoms with E-state index in [0.29, 0.717) is 36.0 Å². The van der Waals surface area contributed by atoms with Crippen molar-refractivity contribution in [2.24, 2.45) is 0 Å². The fourth-order valence-electron chi connectivity index (χ4n) is 2.14. The number of rotatable bonds is 3. The summed E-state index contributed by atoms with van der Waals surface area (Å²) >= 11 is 3.43. The Morgan fingerprint density at radius 3 is 2.52 bits per heavy atom. The van der Waals surface area contributed by atoms with Crippen LogP contribution in [0.5, 0.6) is 11.5 Å². The van der Waals surface area contributed by atoms with E-state index in [4.69, 9.17) is 9.47 Å². The van der Waals surface area contributed by atoms with E-state index in [9.17, 15) is 4.79 Å². The van der Waals surface area contributed by atoms with E-state index in [0.717, 1.165) is 10.3 Å². The van der Waals surface area contributed by atoms with Gasteiger partial charge in [-0.25, -0.2) is 4.98 Å². The molecule has 3 rings (SSSR count). The Hall–Kier alpha value is -2.28. The number of benzene rings is 1. The number of amides is 1. The maximum absolute atomic E-state index is 12.4. The SMILES string of the molecule is CN(C)c1ccc(C(=O)Nc2cc3c(cc2Br)OCCO3)cn1. The summed E-state index contributed by atoms with van der Waals surface area (Å²) in [6, 6.07) is 7.08. The van der Waals surface area contributed by atoms with Gasteiger partial charge in [-0.15, -0.1) is 0 Å². The number of fused-ring (bicyclic) bond motifs is 1. The van der Waals surface area contributed by atoms with Crippen LogP contribution in [0, 0.1) is 0 Å². The summed E-state index contributed by atoms with van der Waals surface area (Å²) < 4.78 is 11.8. The molecule has 7 heteroatoms. The molecule has 0 atom stereocenters. The molecule has 2 heterocycles. The number of nitrogens with zero attached hydrogens (tertiary/aromatic N) is 2. The Morgan fingerprint density at radius 1 is 1.22 bits per heavy atom. The van der Waals surface area contributed by atoms with Crippen LogP contribution >= 0.6 is 15.9 Å². The number of ether oxygens (including phenoxy) is 2. The van der Waals surface area contributed by atoms with E-state index in [-0.39, 0.29) is 5.91 Å². The average molecular weight is 378 g/mol. The summed E-state index contributed by atoms with van der Waals surface area (Å²) in [6.07, 6.45) is 1.55. The highest BCUT2D eigenvalue weighted by molar-refractivity contribution is 9.10. The lowest BCUT2D eigenvalue weighted by Crippen LogP contribution is -2.17. The van der Waals surface area contributed by atoms with Gasteiger partial charge in [0.15, 0.2) is 11.5 Å². The summed E-state index contributed by atoms with van der Waals surface area (Å²) in [5.41, 5.74) is 1.10. The lowest BCUT2D eigenvalue weighted by molar-refractivity contribution is 0.102. The summed E-state index contributed by atoms with van der Waals surface area (Å²) in [6.45, 7) is 1.02. The van der Waals surface area contributed by atoms with Crippen molar-refractivity contribution in [3.05, 3.63) is 40.5 Å². The molecule has 1 aromatic heterocycles. The highest BCUT2D eigenvalue weighted by Crippen LogP contribution is 2.38. The number of carbonyl (C=O) groups is 1. The average Bonchev–Trinajstić information content (AvgIpc) is 2.55. The molecule has 0 saturated heterocycles. The minimum Gasteiger partial charge on any atom is -0.486 e. The lowest BCUT2D eigenvalue weighted by Gasteiger charge is -2.20. The third kappa shape index (κ3) is 3.39. The molecule has 0 radical (unpaired) electrons. The Kier molecular flexibility index (Phi) is 4.38. The molecule has 1 aliphatic rings. The molecule has 23 heavy (non-hydrogen) atoms. The fraction of sp³-hybridized carbons (Fsp3) is 0.250. The van der Waals surface area contributed by atoms with Gasteiger partial charge < -0.3 is 19.7 Å². The Morgan fingerprint density at radius 2 is 1.91 bits per heavy atom. The van der Waals surface area contributed by atoms with Crippen LogP contribution < -0.4 is 19.7 Å². The molecule has 0 bridgehead atoms. The van der Waals surface area contributed by atoms with Crippen molar-refractivity contribution in [1.82, 2.24) is 4.98 Å². The first-order valence-corrected chi connectivity index (χ1v) is 7.88. The molecule has 2 aromatic rings. The van der Waals surface area contributed by atoms with Gasteiger partial charge in [0.1, 0.15) is 19.0 Å². The highest BCUT2D eigenvalue weighted by atomic mass is 79.9. The van der Waals surface area contributed by atoms with E-state index >= 15 is 0 Å². The minimum absolute atomic E-state index is 0.236. The monoisotopic (exact) mass is 377 g/mol. The normalized spacial score (nSPS) is 12.7. The van der Waals surface area contributed by atoms with Crippen molar-refractivity contribution in [2.45, 2.75) is 0 Å². The molecule has 0 saturated carbocycles. The number of anilines is 2. The van der Waals surface area contributed by atoms with Gasteiger partial charge in [-0.3, -0.25) is 4.79 Å². The zero-order chi connectivity index (χ0) is 16.4. The largest absolute Gasteiger partial charge is 0.486 e. The van der Waals surface area contributed by atoms with Gasteiger partial charge in [0, 0.05) is 36.9 Å². The molecule has 0 unspecified atom stereocenters. The van der Waals surface area contributed by atoms with Crippen molar-refractivity contribution in [2.75, 3.05) is 37.5 Å². The summed E-state index contributed by atoms with van der Waals surface area (Å²) in [5, 5.41) is 2.85. The molecule has 0 fully saturated rings. The molecule has 0 aliphatic carbocycles. The van der Waals surface area contributed by atoms with Gasteiger partial charge >= 0.3 is 0 Å². The lowest BCUT2D eigenvalue weighted by atomic mass is 10.2. The van der Waals surface area contributed by atoms with Crippen LogP contribution in [0.3, 0.4) is 0 Å². The third-order valence-electron chi connectivity index (χ3n) is 3.35. The summed E-state index contributed by atoms with van der Waals surface area (Å²) in [4.78, 5) is 18.5. The van der Waals surface area contributed by atoms with Gasteiger partial charge in [-0.2, -0.15) is 0 Å². The Balaban J connectivity index is 1.79. The van der Waals surface area contributed by atoms with Crippen LogP contribution in [-0.2, 0) is 0 Å². The standard InChI is InChI=1S/C16H16BrN3O3/c1-20(2)15-4-3-10(9-18-15)16(21)19-12-8-14-13(7-11(12)17)22-5-6-23-14/h3-4,7-9H,5-6H2,1-2H3,(H,19,21). The Bertz CT molecular complexity index is 732. The molecule has 0 spiro atoms. The number of carbonyl (C=O) groups excluding carboxylic acids is 1. The quantitative estimate of drug-likeness (QED) is 0.890. The molecule has 6 nitrogen and oxygen atoms in total. The van der Waals surface area contributed by atoms with E-state index in [1.807, 2.05) is 19.0 Å². The number of hydrogen-bond donors (Lipinski definition) is 1. The first-order chi connectivity index (χ1) is 11.0. The van der Waals surface area contributed by atoms with Crippen LogP contribution in [0.15, 0.2) is 34.9 Å². The van der Waals surface area contributed by atoms with Gasteiger partial charge in [-0.1, -0.05) is 0 Å². The number of halogens is 1. The first kappa shape index (κ1) is 15.6.